The first kappa shape index (κ1) is 22.5. The summed E-state index contributed by atoms with van der Waals surface area (Å²) in [7, 11) is -3.17. The van der Waals surface area contributed by atoms with E-state index in [9.17, 15) is 13.2 Å². The lowest BCUT2D eigenvalue weighted by molar-refractivity contribution is -0.113. The molecule has 2 aliphatic rings. The Labute approximate surface area is 195 Å². The standard InChI is InChI=1S/C21H21Cl2N3O3S2/c1-12-4-3-5-17(13(12)2)24-20(27)9-30-21-25-18-10-31(28,29)11-19(18)26(21)16-7-14(22)6-15(23)8-16/h3-8,18-19H,9-11H2,1-2H3,(H,24,27)/t18-,19-/m0/s1. The summed E-state index contributed by atoms with van der Waals surface area (Å²) in [6.07, 6.45) is 0. The molecule has 2 aromatic carbocycles. The number of amides is 1. The minimum absolute atomic E-state index is 0.00120. The van der Waals surface area contributed by atoms with Gasteiger partial charge in [0.05, 0.1) is 29.3 Å². The number of sulfone groups is 1. The van der Waals surface area contributed by atoms with E-state index in [4.69, 9.17) is 23.2 Å². The number of hydrogen-bond donors (Lipinski definition) is 1. The number of thioether (sulfide) groups is 1. The predicted octanol–water partition coefficient (Wildman–Crippen LogP) is 4.32. The zero-order chi connectivity index (χ0) is 22.3. The van der Waals surface area contributed by atoms with Crippen molar-refractivity contribution in [3.63, 3.8) is 0 Å². The summed E-state index contributed by atoms with van der Waals surface area (Å²) in [5, 5.41) is 4.43. The van der Waals surface area contributed by atoms with Crippen molar-refractivity contribution in [3.8, 4) is 0 Å². The molecule has 0 spiro atoms. The SMILES string of the molecule is Cc1cccc(NC(=O)CSC2=N[C@H]3CS(=O)(=O)C[C@@H]3N2c2cc(Cl)cc(Cl)c2)c1C. The molecule has 0 radical (unpaired) electrons. The van der Waals surface area contributed by atoms with Crippen molar-refractivity contribution in [3.05, 3.63) is 57.6 Å². The lowest BCUT2D eigenvalue weighted by atomic mass is 10.1. The molecule has 31 heavy (non-hydrogen) atoms. The lowest BCUT2D eigenvalue weighted by Gasteiger charge is -2.26. The predicted molar refractivity (Wildman–Crippen MR) is 130 cm³/mol. The van der Waals surface area contributed by atoms with Gasteiger partial charge in [0.1, 0.15) is 0 Å². The Morgan fingerprint density at radius 3 is 2.61 bits per heavy atom. The van der Waals surface area contributed by atoms with Crippen molar-refractivity contribution < 1.29 is 13.2 Å². The van der Waals surface area contributed by atoms with Crippen LogP contribution in [0.5, 0.6) is 0 Å². The van der Waals surface area contributed by atoms with Crippen LogP contribution in [0.4, 0.5) is 11.4 Å². The summed E-state index contributed by atoms with van der Waals surface area (Å²) in [5.74, 6) is -0.00999. The van der Waals surface area contributed by atoms with Crippen molar-refractivity contribution in [2.75, 3.05) is 27.5 Å². The summed E-state index contributed by atoms with van der Waals surface area (Å²) in [4.78, 5) is 19.1. The van der Waals surface area contributed by atoms with E-state index in [0.29, 0.717) is 20.9 Å². The van der Waals surface area contributed by atoms with E-state index in [2.05, 4.69) is 10.3 Å². The molecular weight excluding hydrogens is 477 g/mol. The van der Waals surface area contributed by atoms with Gasteiger partial charge in [0.25, 0.3) is 0 Å². The Bertz CT molecular complexity index is 1160. The molecule has 6 nitrogen and oxygen atoms in total. The smallest absolute Gasteiger partial charge is 0.234 e. The van der Waals surface area contributed by atoms with Gasteiger partial charge in [0, 0.05) is 21.4 Å². The van der Waals surface area contributed by atoms with Gasteiger partial charge in [-0.25, -0.2) is 8.42 Å². The number of nitrogens with one attached hydrogen (secondary N) is 1. The average Bonchev–Trinajstić information content (AvgIpc) is 3.14. The Morgan fingerprint density at radius 2 is 1.90 bits per heavy atom. The van der Waals surface area contributed by atoms with Crippen LogP contribution in [0.15, 0.2) is 41.4 Å². The quantitative estimate of drug-likeness (QED) is 0.679. The molecule has 0 bridgehead atoms. The van der Waals surface area contributed by atoms with Crippen LogP contribution in [-0.4, -0.2) is 48.8 Å². The third-order valence-corrected chi connectivity index (χ3v) is 8.55. The molecule has 0 unspecified atom stereocenters. The highest BCUT2D eigenvalue weighted by molar-refractivity contribution is 8.14. The van der Waals surface area contributed by atoms with Gasteiger partial charge in [-0.2, -0.15) is 0 Å². The zero-order valence-corrected chi connectivity index (χ0v) is 20.1. The molecule has 164 valence electrons. The summed E-state index contributed by atoms with van der Waals surface area (Å²) in [6.45, 7) is 3.96. The van der Waals surface area contributed by atoms with Crippen molar-refractivity contribution >= 4 is 67.3 Å². The van der Waals surface area contributed by atoms with E-state index in [-0.39, 0.29) is 35.2 Å². The maximum Gasteiger partial charge on any atom is 0.234 e. The van der Waals surface area contributed by atoms with Gasteiger partial charge >= 0.3 is 0 Å². The molecule has 10 heteroatoms. The van der Waals surface area contributed by atoms with Gasteiger partial charge in [0.15, 0.2) is 15.0 Å². The maximum atomic E-state index is 12.6. The van der Waals surface area contributed by atoms with Gasteiger partial charge in [-0.15, -0.1) is 0 Å². The molecule has 1 amide bonds. The van der Waals surface area contributed by atoms with E-state index < -0.39 is 9.84 Å². The molecule has 0 aliphatic carbocycles. The van der Waals surface area contributed by atoms with Crippen LogP contribution in [0.2, 0.25) is 10.0 Å². The number of carbonyl (C=O) groups is 1. The first-order chi connectivity index (χ1) is 14.6. The monoisotopic (exact) mass is 497 g/mol. The maximum absolute atomic E-state index is 12.6. The summed E-state index contributed by atoms with van der Waals surface area (Å²) >= 11 is 13.6. The normalized spacial score (nSPS) is 21.7. The van der Waals surface area contributed by atoms with Crippen molar-refractivity contribution in [1.82, 2.24) is 0 Å². The Morgan fingerprint density at radius 1 is 1.19 bits per heavy atom. The third-order valence-electron chi connectivity index (χ3n) is 5.44. The van der Waals surface area contributed by atoms with Gasteiger partial charge < -0.3 is 10.2 Å². The first-order valence-electron chi connectivity index (χ1n) is 9.65. The summed E-state index contributed by atoms with van der Waals surface area (Å²) in [6, 6.07) is 10.1. The largest absolute Gasteiger partial charge is 0.325 e. The first-order valence-corrected chi connectivity index (χ1v) is 13.2. The van der Waals surface area contributed by atoms with Crippen molar-refractivity contribution in [2.45, 2.75) is 25.9 Å². The molecule has 2 atom stereocenters. The van der Waals surface area contributed by atoms with Crippen molar-refractivity contribution in [1.29, 1.82) is 0 Å². The minimum Gasteiger partial charge on any atom is -0.325 e. The number of benzene rings is 2. The topological polar surface area (TPSA) is 78.8 Å². The number of aliphatic imine (C=N–C) groups is 1. The van der Waals surface area contributed by atoms with Gasteiger partial charge in [-0.1, -0.05) is 47.1 Å². The fourth-order valence-electron chi connectivity index (χ4n) is 3.82. The van der Waals surface area contributed by atoms with E-state index in [1.165, 1.54) is 11.8 Å². The lowest BCUT2D eigenvalue weighted by Crippen LogP contribution is -2.39. The number of amidine groups is 1. The van der Waals surface area contributed by atoms with Crippen LogP contribution in [-0.2, 0) is 14.6 Å². The van der Waals surface area contributed by atoms with Crippen molar-refractivity contribution in [2.24, 2.45) is 4.99 Å². The molecule has 1 saturated heterocycles. The van der Waals surface area contributed by atoms with E-state index in [1.54, 1.807) is 18.2 Å². The van der Waals surface area contributed by atoms with Gasteiger partial charge in [0.2, 0.25) is 5.91 Å². The Balaban J connectivity index is 1.54. The number of aryl methyl sites for hydroxylation is 1. The zero-order valence-electron chi connectivity index (χ0n) is 16.9. The third kappa shape index (κ3) is 4.87. The second kappa shape index (κ2) is 8.65. The molecule has 2 heterocycles. The van der Waals surface area contributed by atoms with Gasteiger partial charge in [-0.3, -0.25) is 9.79 Å². The van der Waals surface area contributed by atoms with E-state index >= 15 is 0 Å². The molecule has 2 aromatic rings. The molecule has 4 rings (SSSR count). The van der Waals surface area contributed by atoms with Crippen LogP contribution in [0.1, 0.15) is 11.1 Å². The minimum atomic E-state index is -3.17. The number of fused-ring (bicyclic) bond motifs is 1. The van der Waals surface area contributed by atoms with Gasteiger partial charge in [-0.05, 0) is 49.2 Å². The van der Waals surface area contributed by atoms with Crippen LogP contribution in [0.3, 0.4) is 0 Å². The molecule has 0 aromatic heterocycles. The molecule has 1 N–H and O–H groups in total. The highest BCUT2D eigenvalue weighted by atomic mass is 35.5. The fraction of sp³-hybridized carbons (Fsp3) is 0.333. The molecule has 0 saturated carbocycles. The Hall–Kier alpha value is -1.74. The molecular formula is C21H21Cl2N3O3S2. The number of carbonyl (C=O) groups excluding carboxylic acids is 1. The van der Waals surface area contributed by atoms with Crippen LogP contribution < -0.4 is 10.2 Å². The highest BCUT2D eigenvalue weighted by Gasteiger charge is 2.47. The summed E-state index contributed by atoms with van der Waals surface area (Å²) in [5.41, 5.74) is 3.57. The highest BCUT2D eigenvalue weighted by Crippen LogP contribution is 2.37. The fourth-order valence-corrected chi connectivity index (χ4v) is 7.10. The molecule has 1 fully saturated rings. The average molecular weight is 498 g/mol. The van der Waals surface area contributed by atoms with E-state index in [1.807, 2.05) is 36.9 Å². The molecule has 2 aliphatic heterocycles. The number of rotatable bonds is 4. The number of nitrogens with zero attached hydrogens (tertiary/aromatic N) is 2. The number of hydrogen-bond acceptors (Lipinski definition) is 6. The number of halogens is 2. The van der Waals surface area contributed by atoms with E-state index in [0.717, 1.165) is 16.8 Å². The van der Waals surface area contributed by atoms with Crippen LogP contribution >= 0.6 is 35.0 Å². The summed E-state index contributed by atoms with van der Waals surface area (Å²) < 4.78 is 24.3. The number of anilines is 2. The Kier molecular flexibility index (Phi) is 6.27. The van der Waals surface area contributed by atoms with Crippen LogP contribution in [0.25, 0.3) is 0 Å². The van der Waals surface area contributed by atoms with Crippen LogP contribution in [0, 0.1) is 13.8 Å². The second-order valence-electron chi connectivity index (χ2n) is 7.71. The second-order valence-corrected chi connectivity index (χ2v) is 11.7.